The summed E-state index contributed by atoms with van der Waals surface area (Å²) in [4.78, 5) is 23.5. The van der Waals surface area contributed by atoms with Gasteiger partial charge < -0.3 is 10.6 Å². The fourth-order valence-electron chi connectivity index (χ4n) is 2.59. The number of benzene rings is 1. The molecule has 0 aromatic heterocycles. The van der Waals surface area contributed by atoms with Gasteiger partial charge in [0.15, 0.2) is 0 Å². The second-order valence-corrected chi connectivity index (χ2v) is 6.72. The average Bonchev–Trinajstić information content (AvgIpc) is 3.05. The van der Waals surface area contributed by atoms with Crippen LogP contribution >= 0.6 is 11.8 Å². The van der Waals surface area contributed by atoms with Crippen LogP contribution in [0.3, 0.4) is 0 Å². The van der Waals surface area contributed by atoms with Crippen LogP contribution in [0.4, 0.5) is 18.9 Å². The van der Waals surface area contributed by atoms with E-state index in [0.29, 0.717) is 11.3 Å². The Balaban J connectivity index is 1.81. The number of amides is 2. The molecule has 2 N–H and O–H groups in total. The zero-order valence-corrected chi connectivity index (χ0v) is 13.8. The third kappa shape index (κ3) is 6.43. The summed E-state index contributed by atoms with van der Waals surface area (Å²) in [6, 6.07) is 6.93. The van der Waals surface area contributed by atoms with Crippen LogP contribution in [0.1, 0.15) is 31.2 Å². The molecule has 1 saturated carbocycles. The number of alkyl halides is 3. The summed E-state index contributed by atoms with van der Waals surface area (Å²) in [5, 5.41) is 5.29. The predicted octanol–water partition coefficient (Wildman–Crippen LogP) is 3.68. The van der Waals surface area contributed by atoms with Gasteiger partial charge >= 0.3 is 5.51 Å². The summed E-state index contributed by atoms with van der Waals surface area (Å²) in [5.74, 6) is -1.30. The van der Waals surface area contributed by atoms with Crippen LogP contribution in [0, 0.1) is 5.92 Å². The van der Waals surface area contributed by atoms with Crippen molar-refractivity contribution in [2.45, 2.75) is 37.7 Å². The lowest BCUT2D eigenvalue weighted by molar-refractivity contribution is -0.120. The topological polar surface area (TPSA) is 58.2 Å². The quantitative estimate of drug-likeness (QED) is 0.814. The van der Waals surface area contributed by atoms with Gasteiger partial charge in [0.1, 0.15) is 0 Å². The molecule has 0 radical (unpaired) electrons. The lowest BCUT2D eigenvalue weighted by Crippen LogP contribution is -2.26. The van der Waals surface area contributed by atoms with Gasteiger partial charge in [-0.05, 0) is 42.3 Å². The van der Waals surface area contributed by atoms with Crippen LogP contribution in [0.15, 0.2) is 24.3 Å². The first-order chi connectivity index (χ1) is 11.3. The van der Waals surface area contributed by atoms with Gasteiger partial charge in [0.2, 0.25) is 11.8 Å². The van der Waals surface area contributed by atoms with Gasteiger partial charge in [-0.3, -0.25) is 9.59 Å². The fourth-order valence-corrected chi connectivity index (χ4v) is 2.99. The first-order valence-electron chi connectivity index (χ1n) is 7.71. The molecule has 0 spiro atoms. The van der Waals surface area contributed by atoms with Crippen LogP contribution in [0.25, 0.3) is 0 Å². The Hall–Kier alpha value is -1.70. The molecule has 0 aliphatic heterocycles. The van der Waals surface area contributed by atoms with Crippen molar-refractivity contribution >= 4 is 29.3 Å². The minimum absolute atomic E-state index is 0.00439. The molecule has 1 aliphatic rings. The highest BCUT2D eigenvalue weighted by atomic mass is 32.2. The molecule has 132 valence electrons. The van der Waals surface area contributed by atoms with Crippen molar-refractivity contribution in [1.82, 2.24) is 5.32 Å². The van der Waals surface area contributed by atoms with E-state index in [0.717, 1.165) is 25.7 Å². The maximum atomic E-state index is 12.1. The van der Waals surface area contributed by atoms with Crippen molar-refractivity contribution in [2.24, 2.45) is 5.92 Å². The highest BCUT2D eigenvalue weighted by Crippen LogP contribution is 2.29. The molecule has 0 heterocycles. The van der Waals surface area contributed by atoms with Gasteiger partial charge in [-0.2, -0.15) is 13.2 Å². The van der Waals surface area contributed by atoms with E-state index in [1.54, 1.807) is 24.3 Å². The fraction of sp³-hybridized carbons (Fsp3) is 0.500. The van der Waals surface area contributed by atoms with E-state index >= 15 is 0 Å². The van der Waals surface area contributed by atoms with Crippen LogP contribution in [-0.4, -0.2) is 23.1 Å². The minimum atomic E-state index is -4.41. The number of hydrogen-bond acceptors (Lipinski definition) is 3. The zero-order chi connectivity index (χ0) is 17.6. The largest absolute Gasteiger partial charge is 0.442 e. The van der Waals surface area contributed by atoms with E-state index < -0.39 is 17.2 Å². The second-order valence-electron chi connectivity index (χ2n) is 5.68. The summed E-state index contributed by atoms with van der Waals surface area (Å²) in [6.07, 6.45) is 3.94. The monoisotopic (exact) mass is 360 g/mol. The van der Waals surface area contributed by atoms with Gasteiger partial charge in [0.05, 0.1) is 5.75 Å². The Morgan fingerprint density at radius 3 is 2.58 bits per heavy atom. The Morgan fingerprint density at radius 1 is 1.21 bits per heavy atom. The molecule has 0 saturated heterocycles. The maximum Gasteiger partial charge on any atom is 0.442 e. The summed E-state index contributed by atoms with van der Waals surface area (Å²) >= 11 is -0.367. The Kier molecular flexibility index (Phi) is 6.53. The summed E-state index contributed by atoms with van der Waals surface area (Å²) in [5.41, 5.74) is -3.07. The SMILES string of the molecule is O=C(CSC(F)(F)F)NCc1cccc(NC(=O)C2CCCC2)c1. The summed E-state index contributed by atoms with van der Waals surface area (Å²) < 4.78 is 36.1. The first kappa shape index (κ1) is 18.6. The number of rotatable bonds is 6. The van der Waals surface area contributed by atoms with E-state index in [-0.39, 0.29) is 30.1 Å². The molecule has 1 fully saturated rings. The molecular weight excluding hydrogens is 341 g/mol. The van der Waals surface area contributed by atoms with E-state index in [1.807, 2.05) is 0 Å². The Bertz CT molecular complexity index is 587. The third-order valence-electron chi connectivity index (χ3n) is 3.78. The number of carbonyl (C=O) groups is 2. The van der Waals surface area contributed by atoms with Gasteiger partial charge in [-0.1, -0.05) is 25.0 Å². The van der Waals surface area contributed by atoms with Crippen molar-refractivity contribution in [2.75, 3.05) is 11.1 Å². The average molecular weight is 360 g/mol. The normalized spacial score (nSPS) is 15.3. The van der Waals surface area contributed by atoms with Gasteiger partial charge in [-0.15, -0.1) is 0 Å². The van der Waals surface area contributed by atoms with Crippen LogP contribution in [0.5, 0.6) is 0 Å². The maximum absolute atomic E-state index is 12.1. The standard InChI is InChI=1S/C16H19F3N2O2S/c17-16(18,19)24-10-14(22)20-9-11-4-3-7-13(8-11)21-15(23)12-5-1-2-6-12/h3-4,7-8,12H,1-2,5-6,9-10H2,(H,20,22)(H,21,23). The molecule has 1 aromatic rings. The first-order valence-corrected chi connectivity index (χ1v) is 8.69. The number of carbonyl (C=O) groups excluding carboxylic acids is 2. The number of halogens is 3. The lowest BCUT2D eigenvalue weighted by atomic mass is 10.1. The summed E-state index contributed by atoms with van der Waals surface area (Å²) in [7, 11) is 0. The highest BCUT2D eigenvalue weighted by Gasteiger charge is 2.29. The van der Waals surface area contributed by atoms with Crippen molar-refractivity contribution in [3.8, 4) is 0 Å². The van der Waals surface area contributed by atoms with Crippen LogP contribution in [-0.2, 0) is 16.1 Å². The molecule has 0 atom stereocenters. The number of anilines is 1. The Morgan fingerprint density at radius 2 is 1.92 bits per heavy atom. The molecular formula is C16H19F3N2O2S. The van der Waals surface area contributed by atoms with Crippen LogP contribution < -0.4 is 10.6 Å². The number of nitrogens with one attached hydrogen (secondary N) is 2. The minimum Gasteiger partial charge on any atom is -0.351 e. The molecule has 8 heteroatoms. The van der Waals surface area contributed by atoms with Crippen molar-refractivity contribution in [3.63, 3.8) is 0 Å². The zero-order valence-electron chi connectivity index (χ0n) is 13.0. The predicted molar refractivity (Wildman–Crippen MR) is 87.4 cm³/mol. The summed E-state index contributed by atoms with van der Waals surface area (Å²) in [6.45, 7) is 0.115. The van der Waals surface area contributed by atoms with E-state index in [1.165, 1.54) is 0 Å². The molecule has 0 bridgehead atoms. The van der Waals surface area contributed by atoms with E-state index in [9.17, 15) is 22.8 Å². The molecule has 24 heavy (non-hydrogen) atoms. The van der Waals surface area contributed by atoms with Gasteiger partial charge in [0, 0.05) is 18.2 Å². The van der Waals surface area contributed by atoms with Crippen LogP contribution in [0.2, 0.25) is 0 Å². The second kappa shape index (κ2) is 8.41. The van der Waals surface area contributed by atoms with Crippen molar-refractivity contribution in [3.05, 3.63) is 29.8 Å². The van der Waals surface area contributed by atoms with E-state index in [2.05, 4.69) is 10.6 Å². The van der Waals surface area contributed by atoms with E-state index in [4.69, 9.17) is 0 Å². The van der Waals surface area contributed by atoms with Gasteiger partial charge in [-0.25, -0.2) is 0 Å². The molecule has 1 aromatic carbocycles. The molecule has 2 amide bonds. The molecule has 4 nitrogen and oxygen atoms in total. The molecule has 2 rings (SSSR count). The van der Waals surface area contributed by atoms with Gasteiger partial charge in [0.25, 0.3) is 0 Å². The van der Waals surface area contributed by atoms with Crippen molar-refractivity contribution < 1.29 is 22.8 Å². The Labute approximate surface area is 142 Å². The number of thioether (sulfide) groups is 1. The third-order valence-corrected chi connectivity index (χ3v) is 4.51. The van der Waals surface area contributed by atoms with Crippen molar-refractivity contribution in [1.29, 1.82) is 0 Å². The highest BCUT2D eigenvalue weighted by molar-refractivity contribution is 8.00. The number of hydrogen-bond donors (Lipinski definition) is 2. The lowest BCUT2D eigenvalue weighted by Gasteiger charge is -2.12. The molecule has 0 unspecified atom stereocenters. The smallest absolute Gasteiger partial charge is 0.351 e. The molecule has 1 aliphatic carbocycles.